The van der Waals surface area contributed by atoms with E-state index >= 15 is 0 Å². The van der Waals surface area contributed by atoms with Crippen LogP contribution in [0.4, 0.5) is 4.39 Å². The van der Waals surface area contributed by atoms with Crippen LogP contribution in [-0.4, -0.2) is 85.4 Å². The largest absolute Gasteiger partial charge is 0.493 e. The quantitative estimate of drug-likeness (QED) is 0.599. The van der Waals surface area contributed by atoms with Crippen molar-refractivity contribution in [1.82, 2.24) is 9.80 Å². The molecule has 0 aromatic heterocycles. The molecule has 1 fully saturated rings. The van der Waals surface area contributed by atoms with E-state index in [2.05, 4.69) is 4.90 Å². The number of benzene rings is 2. The third kappa shape index (κ3) is 7.07. The number of aliphatic carboxylic acids is 2. The van der Waals surface area contributed by atoms with Gasteiger partial charge in [0.25, 0.3) is 5.91 Å². The monoisotopic (exact) mass is 478 g/mol. The molecule has 0 spiro atoms. The van der Waals surface area contributed by atoms with E-state index in [0.29, 0.717) is 35.9 Å². The third-order valence-corrected chi connectivity index (χ3v) is 5.07. The predicted octanol–water partition coefficient (Wildman–Crippen LogP) is 1.97. The van der Waals surface area contributed by atoms with Crippen molar-refractivity contribution in [3.63, 3.8) is 0 Å². The number of ether oxygens (including phenoxy) is 3. The van der Waals surface area contributed by atoms with Gasteiger partial charge in [-0.25, -0.2) is 14.0 Å². The lowest BCUT2D eigenvalue weighted by atomic mass is 10.1. The summed E-state index contributed by atoms with van der Waals surface area (Å²) < 4.78 is 29.0. The van der Waals surface area contributed by atoms with Gasteiger partial charge in [-0.3, -0.25) is 9.69 Å². The summed E-state index contributed by atoms with van der Waals surface area (Å²) in [5.74, 6) is -2.57. The number of carbonyl (C=O) groups is 3. The maximum absolute atomic E-state index is 13.0. The molecule has 0 unspecified atom stereocenters. The van der Waals surface area contributed by atoms with E-state index in [9.17, 15) is 9.18 Å². The highest BCUT2D eigenvalue weighted by atomic mass is 19.1. The number of halogens is 1. The van der Waals surface area contributed by atoms with Gasteiger partial charge in [0.05, 0.1) is 21.3 Å². The molecule has 1 amide bonds. The molecule has 1 saturated heterocycles. The van der Waals surface area contributed by atoms with Crippen LogP contribution in [0.3, 0.4) is 0 Å². The van der Waals surface area contributed by atoms with Crippen LogP contribution in [-0.2, 0) is 16.1 Å². The van der Waals surface area contributed by atoms with Crippen LogP contribution in [0.5, 0.6) is 17.2 Å². The first kappa shape index (κ1) is 26.4. The first-order chi connectivity index (χ1) is 16.2. The summed E-state index contributed by atoms with van der Waals surface area (Å²) in [5.41, 5.74) is 1.56. The first-order valence-corrected chi connectivity index (χ1v) is 10.2. The Morgan fingerprint density at radius 2 is 1.35 bits per heavy atom. The molecule has 0 radical (unpaired) electrons. The summed E-state index contributed by atoms with van der Waals surface area (Å²) in [6.07, 6.45) is 0. The second-order valence-corrected chi connectivity index (χ2v) is 7.22. The predicted molar refractivity (Wildman–Crippen MR) is 119 cm³/mol. The first-order valence-electron chi connectivity index (χ1n) is 10.2. The number of carboxylic acids is 2. The molecule has 2 aromatic rings. The fraction of sp³-hybridized carbons (Fsp3) is 0.348. The van der Waals surface area contributed by atoms with E-state index in [1.807, 2.05) is 4.90 Å². The maximum atomic E-state index is 13.0. The van der Waals surface area contributed by atoms with E-state index in [1.54, 1.807) is 24.3 Å². The number of hydrogen-bond acceptors (Lipinski definition) is 7. The maximum Gasteiger partial charge on any atom is 0.414 e. The fourth-order valence-electron chi connectivity index (χ4n) is 3.34. The summed E-state index contributed by atoms with van der Waals surface area (Å²) in [6.45, 7) is 3.50. The summed E-state index contributed by atoms with van der Waals surface area (Å²) in [4.78, 5) is 35.2. The topological polar surface area (TPSA) is 126 Å². The lowest BCUT2D eigenvalue weighted by Crippen LogP contribution is -2.48. The minimum Gasteiger partial charge on any atom is -0.493 e. The van der Waals surface area contributed by atoms with Gasteiger partial charge in [-0.15, -0.1) is 0 Å². The molecule has 2 aromatic carbocycles. The van der Waals surface area contributed by atoms with Gasteiger partial charge in [-0.05, 0) is 29.8 Å². The summed E-state index contributed by atoms with van der Waals surface area (Å²) in [7, 11) is 4.59. The van der Waals surface area contributed by atoms with E-state index in [1.165, 1.54) is 33.5 Å². The molecule has 0 aliphatic carbocycles. The number of methoxy groups -OCH3 is 3. The van der Waals surface area contributed by atoms with E-state index in [-0.39, 0.29) is 11.7 Å². The van der Waals surface area contributed by atoms with Gasteiger partial charge in [-0.1, -0.05) is 12.1 Å². The van der Waals surface area contributed by atoms with Crippen LogP contribution >= 0.6 is 0 Å². The zero-order chi connectivity index (χ0) is 25.3. The number of piperazine rings is 1. The van der Waals surface area contributed by atoms with Crippen molar-refractivity contribution in [3.05, 3.63) is 53.3 Å². The van der Waals surface area contributed by atoms with Crippen LogP contribution in [0.2, 0.25) is 0 Å². The van der Waals surface area contributed by atoms with Crippen molar-refractivity contribution < 1.29 is 43.2 Å². The van der Waals surface area contributed by atoms with Crippen molar-refractivity contribution in [3.8, 4) is 17.2 Å². The molecule has 3 rings (SSSR count). The molecule has 184 valence electrons. The molecular formula is C23H27FN2O8. The molecule has 1 aliphatic heterocycles. The molecule has 11 heteroatoms. The average Bonchev–Trinajstić information content (AvgIpc) is 2.84. The number of amides is 1. The number of hydrogen-bond donors (Lipinski definition) is 2. The number of rotatable bonds is 6. The number of carboxylic acid groups (broad SMARTS) is 2. The normalized spacial score (nSPS) is 13.4. The zero-order valence-corrected chi connectivity index (χ0v) is 19.1. The Hall–Kier alpha value is -3.86. The second kappa shape index (κ2) is 12.4. The fourth-order valence-corrected chi connectivity index (χ4v) is 3.34. The lowest BCUT2D eigenvalue weighted by Gasteiger charge is -2.35. The highest BCUT2D eigenvalue weighted by molar-refractivity contribution is 6.27. The van der Waals surface area contributed by atoms with Crippen molar-refractivity contribution in [1.29, 1.82) is 0 Å². The number of carbonyl (C=O) groups excluding carboxylic acids is 1. The van der Waals surface area contributed by atoms with Crippen LogP contribution in [0.1, 0.15) is 15.9 Å². The van der Waals surface area contributed by atoms with Crippen molar-refractivity contribution in [2.75, 3.05) is 47.5 Å². The molecular weight excluding hydrogens is 451 g/mol. The third-order valence-electron chi connectivity index (χ3n) is 5.07. The zero-order valence-electron chi connectivity index (χ0n) is 19.1. The van der Waals surface area contributed by atoms with Gasteiger partial charge in [0.1, 0.15) is 5.82 Å². The minimum absolute atomic E-state index is 0.0688. The van der Waals surface area contributed by atoms with E-state index in [4.69, 9.17) is 34.0 Å². The van der Waals surface area contributed by atoms with Gasteiger partial charge in [-0.2, -0.15) is 0 Å². The summed E-state index contributed by atoms with van der Waals surface area (Å²) in [6, 6.07) is 9.88. The van der Waals surface area contributed by atoms with E-state index < -0.39 is 11.9 Å². The Morgan fingerprint density at radius 3 is 1.76 bits per heavy atom. The molecule has 34 heavy (non-hydrogen) atoms. The molecule has 1 aliphatic rings. The summed E-state index contributed by atoms with van der Waals surface area (Å²) in [5, 5.41) is 14.8. The Bertz CT molecular complexity index is 968. The Kier molecular flexibility index (Phi) is 9.62. The molecule has 1 heterocycles. The molecule has 0 atom stereocenters. The van der Waals surface area contributed by atoms with Gasteiger partial charge >= 0.3 is 11.9 Å². The van der Waals surface area contributed by atoms with Crippen molar-refractivity contribution in [2.45, 2.75) is 6.54 Å². The van der Waals surface area contributed by atoms with Gasteiger partial charge in [0, 0.05) is 38.3 Å². The highest BCUT2D eigenvalue weighted by Crippen LogP contribution is 2.38. The van der Waals surface area contributed by atoms with Gasteiger partial charge < -0.3 is 29.3 Å². The van der Waals surface area contributed by atoms with Crippen molar-refractivity contribution in [2.24, 2.45) is 0 Å². The second-order valence-electron chi connectivity index (χ2n) is 7.22. The van der Waals surface area contributed by atoms with Gasteiger partial charge in [0.15, 0.2) is 11.5 Å². The van der Waals surface area contributed by atoms with Crippen molar-refractivity contribution >= 4 is 17.8 Å². The lowest BCUT2D eigenvalue weighted by molar-refractivity contribution is -0.159. The standard InChI is InChI=1S/C21H25FN2O4.C2H2O4/c1-26-18-12-16(13-19(27-2)20(18)28-3)21(25)24-10-8-23(9-11-24)14-15-4-6-17(22)7-5-15;3-1(4)2(5)6/h4-7,12-13H,8-11,14H2,1-3H3;(H,3,4)(H,5,6). The molecule has 0 bridgehead atoms. The number of nitrogens with zero attached hydrogens (tertiary/aromatic N) is 2. The minimum atomic E-state index is -1.82. The summed E-state index contributed by atoms with van der Waals surface area (Å²) >= 11 is 0. The molecule has 10 nitrogen and oxygen atoms in total. The Balaban J connectivity index is 0.000000604. The molecule has 0 saturated carbocycles. The Morgan fingerprint density at radius 1 is 0.853 bits per heavy atom. The SMILES string of the molecule is COc1cc(C(=O)N2CCN(Cc3ccc(F)cc3)CC2)cc(OC)c1OC.O=C(O)C(=O)O. The van der Waals surface area contributed by atoms with Crippen LogP contribution < -0.4 is 14.2 Å². The molecule has 2 N–H and O–H groups in total. The average molecular weight is 478 g/mol. The highest BCUT2D eigenvalue weighted by Gasteiger charge is 2.24. The van der Waals surface area contributed by atoms with Crippen LogP contribution in [0.25, 0.3) is 0 Å². The Labute approximate surface area is 196 Å². The van der Waals surface area contributed by atoms with E-state index in [0.717, 1.165) is 25.2 Å². The smallest absolute Gasteiger partial charge is 0.414 e. The van der Waals surface area contributed by atoms with Crippen LogP contribution in [0.15, 0.2) is 36.4 Å². The van der Waals surface area contributed by atoms with Crippen LogP contribution in [0, 0.1) is 5.82 Å². The van der Waals surface area contributed by atoms with Gasteiger partial charge in [0.2, 0.25) is 5.75 Å².